The molecule has 0 bridgehead atoms. The van der Waals surface area contributed by atoms with Crippen molar-refractivity contribution in [1.82, 2.24) is 9.80 Å². The molecule has 0 heterocycles. The second-order valence-electron chi connectivity index (χ2n) is 6.91. The van der Waals surface area contributed by atoms with E-state index in [0.29, 0.717) is 17.2 Å². The number of hydrogen-bond acceptors (Lipinski definition) is 4. The molecule has 2 rings (SSSR count). The van der Waals surface area contributed by atoms with Gasteiger partial charge in [-0.2, -0.15) is 10.5 Å². The van der Waals surface area contributed by atoms with Crippen LogP contribution < -0.4 is 0 Å². The number of rotatable bonds is 8. The zero-order valence-corrected chi connectivity index (χ0v) is 15.8. The van der Waals surface area contributed by atoms with E-state index < -0.39 is 0 Å². The minimum atomic E-state index is 0.467. The van der Waals surface area contributed by atoms with E-state index in [1.165, 1.54) is 11.1 Å². The van der Waals surface area contributed by atoms with Gasteiger partial charge in [0.15, 0.2) is 0 Å². The van der Waals surface area contributed by atoms with Gasteiger partial charge in [-0.15, -0.1) is 0 Å². The third-order valence-electron chi connectivity index (χ3n) is 4.73. The van der Waals surface area contributed by atoms with Gasteiger partial charge in [0, 0.05) is 19.1 Å². The third kappa shape index (κ3) is 6.01. The van der Waals surface area contributed by atoms with Crippen molar-refractivity contribution in [1.29, 1.82) is 10.5 Å². The van der Waals surface area contributed by atoms with Crippen molar-refractivity contribution in [3.05, 3.63) is 70.8 Å². The van der Waals surface area contributed by atoms with Crippen LogP contribution in [0.3, 0.4) is 0 Å². The van der Waals surface area contributed by atoms with Crippen molar-refractivity contribution >= 4 is 0 Å². The Hall–Kier alpha value is -2.66. The number of nitrogens with zero attached hydrogens (tertiary/aromatic N) is 4. The maximum Gasteiger partial charge on any atom is 0.0991 e. The molecule has 2 aromatic carbocycles. The number of nitriles is 2. The van der Waals surface area contributed by atoms with E-state index in [1.807, 2.05) is 48.5 Å². The average Bonchev–Trinajstić information content (AvgIpc) is 2.67. The Morgan fingerprint density at radius 1 is 0.808 bits per heavy atom. The Balaban J connectivity index is 1.77. The monoisotopic (exact) mass is 346 g/mol. The normalized spacial score (nSPS) is 12.0. The van der Waals surface area contributed by atoms with Crippen LogP contribution in [-0.2, 0) is 13.1 Å². The summed E-state index contributed by atoms with van der Waals surface area (Å²) < 4.78 is 0. The lowest BCUT2D eigenvalue weighted by Gasteiger charge is -2.27. The van der Waals surface area contributed by atoms with Gasteiger partial charge in [-0.3, -0.25) is 4.90 Å². The first-order chi connectivity index (χ1) is 12.5. The molecule has 4 heteroatoms. The Labute approximate surface area is 156 Å². The van der Waals surface area contributed by atoms with Crippen molar-refractivity contribution in [3.63, 3.8) is 0 Å². The van der Waals surface area contributed by atoms with Crippen molar-refractivity contribution in [2.24, 2.45) is 0 Å². The summed E-state index contributed by atoms with van der Waals surface area (Å²) in [6.45, 7) is 5.03. The fourth-order valence-corrected chi connectivity index (χ4v) is 2.83. The highest BCUT2D eigenvalue weighted by atomic mass is 15.1. The van der Waals surface area contributed by atoms with Crippen LogP contribution in [0.15, 0.2) is 48.5 Å². The van der Waals surface area contributed by atoms with E-state index in [0.717, 1.165) is 26.1 Å². The molecule has 0 aliphatic heterocycles. The van der Waals surface area contributed by atoms with E-state index in [-0.39, 0.29) is 0 Å². The van der Waals surface area contributed by atoms with Crippen LogP contribution in [-0.4, -0.2) is 36.5 Å². The molecule has 0 spiro atoms. The van der Waals surface area contributed by atoms with E-state index >= 15 is 0 Å². The molecule has 0 N–H and O–H groups in total. The number of benzene rings is 2. The molecule has 0 aromatic heterocycles. The van der Waals surface area contributed by atoms with Gasteiger partial charge in [-0.25, -0.2) is 0 Å². The minimum Gasteiger partial charge on any atom is -0.302 e. The zero-order chi connectivity index (χ0) is 18.9. The van der Waals surface area contributed by atoms with Gasteiger partial charge in [0.1, 0.15) is 0 Å². The van der Waals surface area contributed by atoms with Crippen LogP contribution in [0, 0.1) is 22.7 Å². The van der Waals surface area contributed by atoms with Crippen LogP contribution in [0.4, 0.5) is 0 Å². The molecule has 0 amide bonds. The summed E-state index contributed by atoms with van der Waals surface area (Å²) in [6, 6.07) is 20.4. The van der Waals surface area contributed by atoms with Crippen molar-refractivity contribution < 1.29 is 0 Å². The van der Waals surface area contributed by atoms with Crippen molar-refractivity contribution in [3.8, 4) is 12.1 Å². The lowest BCUT2D eigenvalue weighted by atomic mass is 10.1. The van der Waals surface area contributed by atoms with Crippen LogP contribution in [0.5, 0.6) is 0 Å². The molecule has 0 unspecified atom stereocenters. The summed E-state index contributed by atoms with van der Waals surface area (Å²) >= 11 is 0. The largest absolute Gasteiger partial charge is 0.302 e. The molecule has 0 saturated carbocycles. The SMILES string of the molecule is C[C@H](CCN(C)Cc1ccc(C#N)cc1)N(C)Cc1ccc(C#N)cc1. The van der Waals surface area contributed by atoms with Crippen LogP contribution in [0.2, 0.25) is 0 Å². The highest BCUT2D eigenvalue weighted by Crippen LogP contribution is 2.11. The second-order valence-corrected chi connectivity index (χ2v) is 6.91. The molecular weight excluding hydrogens is 320 g/mol. The smallest absolute Gasteiger partial charge is 0.0991 e. The number of hydrogen-bond donors (Lipinski definition) is 0. The van der Waals surface area contributed by atoms with E-state index in [4.69, 9.17) is 10.5 Å². The van der Waals surface area contributed by atoms with Crippen LogP contribution in [0.25, 0.3) is 0 Å². The van der Waals surface area contributed by atoms with Gasteiger partial charge < -0.3 is 4.90 Å². The standard InChI is InChI=1S/C22H26N4/c1-18(26(3)17-22-10-6-20(15-24)7-11-22)12-13-25(2)16-21-8-4-19(14-23)5-9-21/h4-11,18H,12-13,16-17H2,1-3H3/t18-/m1/s1. The Morgan fingerprint density at radius 2 is 1.27 bits per heavy atom. The lowest BCUT2D eigenvalue weighted by molar-refractivity contribution is 0.209. The lowest BCUT2D eigenvalue weighted by Crippen LogP contribution is -2.32. The summed E-state index contributed by atoms with van der Waals surface area (Å²) in [5.74, 6) is 0. The van der Waals surface area contributed by atoms with E-state index in [2.05, 4.69) is 43.0 Å². The highest BCUT2D eigenvalue weighted by Gasteiger charge is 2.11. The zero-order valence-electron chi connectivity index (χ0n) is 15.8. The highest BCUT2D eigenvalue weighted by molar-refractivity contribution is 5.32. The first-order valence-electron chi connectivity index (χ1n) is 8.88. The maximum absolute atomic E-state index is 8.87. The second kappa shape index (κ2) is 9.73. The van der Waals surface area contributed by atoms with Gasteiger partial charge in [-0.1, -0.05) is 24.3 Å². The molecule has 0 radical (unpaired) electrons. The fraction of sp³-hybridized carbons (Fsp3) is 0.364. The Kier molecular flexibility index (Phi) is 7.36. The first-order valence-corrected chi connectivity index (χ1v) is 8.88. The predicted octanol–water partition coefficient (Wildman–Crippen LogP) is 3.77. The molecule has 4 nitrogen and oxygen atoms in total. The van der Waals surface area contributed by atoms with Crippen LogP contribution >= 0.6 is 0 Å². The van der Waals surface area contributed by atoms with Crippen LogP contribution in [0.1, 0.15) is 35.6 Å². The van der Waals surface area contributed by atoms with Gasteiger partial charge >= 0.3 is 0 Å². The summed E-state index contributed by atoms with van der Waals surface area (Å²) in [5.41, 5.74) is 3.86. The minimum absolute atomic E-state index is 0.467. The molecule has 2 aromatic rings. The van der Waals surface area contributed by atoms with Crippen molar-refractivity contribution in [2.75, 3.05) is 20.6 Å². The molecule has 0 aliphatic rings. The maximum atomic E-state index is 8.87. The molecule has 134 valence electrons. The molecular formula is C22H26N4. The topological polar surface area (TPSA) is 54.1 Å². The first kappa shape index (κ1) is 19.7. The van der Waals surface area contributed by atoms with Gasteiger partial charge in [0.2, 0.25) is 0 Å². The predicted molar refractivity (Wildman–Crippen MR) is 104 cm³/mol. The summed E-state index contributed by atoms with van der Waals surface area (Å²) in [7, 11) is 4.27. The summed E-state index contributed by atoms with van der Waals surface area (Å²) in [5, 5.41) is 17.7. The Morgan fingerprint density at radius 3 is 1.73 bits per heavy atom. The average molecular weight is 346 g/mol. The molecule has 0 aliphatic carbocycles. The quantitative estimate of drug-likeness (QED) is 0.730. The fourth-order valence-electron chi connectivity index (χ4n) is 2.83. The van der Waals surface area contributed by atoms with Gasteiger partial charge in [-0.05, 0) is 69.4 Å². The van der Waals surface area contributed by atoms with Gasteiger partial charge in [0.25, 0.3) is 0 Å². The van der Waals surface area contributed by atoms with Gasteiger partial charge in [0.05, 0.1) is 23.3 Å². The molecule has 0 fully saturated rings. The van der Waals surface area contributed by atoms with E-state index in [1.54, 1.807) is 0 Å². The summed E-state index contributed by atoms with van der Waals surface area (Å²) in [6.07, 6.45) is 1.08. The third-order valence-corrected chi connectivity index (χ3v) is 4.73. The van der Waals surface area contributed by atoms with Crippen molar-refractivity contribution in [2.45, 2.75) is 32.5 Å². The Bertz CT molecular complexity index is 766. The molecule has 1 atom stereocenters. The molecule has 26 heavy (non-hydrogen) atoms. The summed E-state index contributed by atoms with van der Waals surface area (Å²) in [4.78, 5) is 4.66. The molecule has 0 saturated heterocycles. The van der Waals surface area contributed by atoms with E-state index in [9.17, 15) is 0 Å².